The molecule has 0 aliphatic heterocycles. The zero-order valence-electron chi connectivity index (χ0n) is 10.7. The Kier molecular flexibility index (Phi) is 5.96. The van der Waals surface area contributed by atoms with Gasteiger partial charge in [0.2, 0.25) is 0 Å². The fraction of sp³-hybridized carbons (Fsp3) is 0.571. The van der Waals surface area contributed by atoms with Crippen LogP contribution in [0.3, 0.4) is 0 Å². The second-order valence-corrected chi connectivity index (χ2v) is 5.67. The molecule has 1 rings (SSSR count). The maximum Gasteiger partial charge on any atom is 0.0482 e. The first-order valence-corrected chi connectivity index (χ1v) is 6.47. The van der Waals surface area contributed by atoms with Gasteiger partial charge in [-0.15, -0.1) is 0 Å². The lowest BCUT2D eigenvalue weighted by atomic mass is 9.89. The average Bonchev–Trinajstić information content (AvgIpc) is 2.29. The van der Waals surface area contributed by atoms with Crippen LogP contribution in [0.4, 0.5) is 0 Å². The van der Waals surface area contributed by atoms with E-state index < -0.39 is 0 Å². The van der Waals surface area contributed by atoms with Gasteiger partial charge in [-0.2, -0.15) is 0 Å². The molecule has 0 radical (unpaired) electrons. The van der Waals surface area contributed by atoms with E-state index in [1.54, 1.807) is 0 Å². The number of halogens is 1. The van der Waals surface area contributed by atoms with Crippen LogP contribution in [0.5, 0.6) is 0 Å². The molecule has 0 saturated heterocycles. The number of aliphatic hydroxyl groups is 1. The average molecular weight is 256 g/mol. The van der Waals surface area contributed by atoms with Gasteiger partial charge in [0.15, 0.2) is 0 Å². The fourth-order valence-electron chi connectivity index (χ4n) is 1.65. The normalized spacial score (nSPS) is 11.8. The number of hydrogen-bond donors (Lipinski definition) is 2. The van der Waals surface area contributed by atoms with Gasteiger partial charge in [0.1, 0.15) is 0 Å². The van der Waals surface area contributed by atoms with Gasteiger partial charge < -0.3 is 10.4 Å². The summed E-state index contributed by atoms with van der Waals surface area (Å²) in [7, 11) is 0. The van der Waals surface area contributed by atoms with Crippen LogP contribution in [0.25, 0.3) is 0 Å². The van der Waals surface area contributed by atoms with E-state index in [0.29, 0.717) is 0 Å². The van der Waals surface area contributed by atoms with Crippen molar-refractivity contribution in [2.24, 2.45) is 5.41 Å². The molecule has 3 heteroatoms. The van der Waals surface area contributed by atoms with Crippen LogP contribution in [0.15, 0.2) is 24.3 Å². The van der Waals surface area contributed by atoms with E-state index in [1.807, 2.05) is 18.2 Å². The SMILES string of the molecule is CC(C)(CO)CCCNCc1cccc(Cl)c1. The molecule has 1 aromatic carbocycles. The van der Waals surface area contributed by atoms with Gasteiger partial charge in [0.25, 0.3) is 0 Å². The van der Waals surface area contributed by atoms with E-state index in [4.69, 9.17) is 16.7 Å². The first-order chi connectivity index (χ1) is 8.03. The van der Waals surface area contributed by atoms with Crippen molar-refractivity contribution in [2.45, 2.75) is 33.2 Å². The van der Waals surface area contributed by atoms with Crippen LogP contribution < -0.4 is 5.32 Å². The summed E-state index contributed by atoms with van der Waals surface area (Å²) in [4.78, 5) is 0. The quantitative estimate of drug-likeness (QED) is 0.734. The lowest BCUT2D eigenvalue weighted by Gasteiger charge is -2.21. The van der Waals surface area contributed by atoms with Gasteiger partial charge in [0, 0.05) is 18.2 Å². The van der Waals surface area contributed by atoms with E-state index in [-0.39, 0.29) is 12.0 Å². The third-order valence-electron chi connectivity index (χ3n) is 2.85. The van der Waals surface area contributed by atoms with Crippen LogP contribution in [-0.4, -0.2) is 18.3 Å². The first kappa shape index (κ1) is 14.5. The molecule has 0 amide bonds. The van der Waals surface area contributed by atoms with Crippen LogP contribution in [0.2, 0.25) is 5.02 Å². The number of benzene rings is 1. The standard InChI is InChI=1S/C14H22ClNO/c1-14(2,11-17)7-4-8-16-10-12-5-3-6-13(15)9-12/h3,5-6,9,16-17H,4,7-8,10-11H2,1-2H3. The summed E-state index contributed by atoms with van der Waals surface area (Å²) in [6, 6.07) is 7.89. The summed E-state index contributed by atoms with van der Waals surface area (Å²) in [5.74, 6) is 0. The fourth-order valence-corrected chi connectivity index (χ4v) is 1.86. The predicted molar refractivity (Wildman–Crippen MR) is 73.3 cm³/mol. The van der Waals surface area contributed by atoms with Crippen molar-refractivity contribution in [2.75, 3.05) is 13.2 Å². The highest BCUT2D eigenvalue weighted by Gasteiger charge is 2.14. The van der Waals surface area contributed by atoms with Gasteiger partial charge >= 0.3 is 0 Å². The second kappa shape index (κ2) is 7.00. The third kappa shape index (κ3) is 6.06. The van der Waals surface area contributed by atoms with Crippen molar-refractivity contribution < 1.29 is 5.11 Å². The van der Waals surface area contributed by atoms with Crippen molar-refractivity contribution in [1.29, 1.82) is 0 Å². The Morgan fingerprint density at radius 3 is 2.76 bits per heavy atom. The Balaban J connectivity index is 2.17. The molecule has 17 heavy (non-hydrogen) atoms. The van der Waals surface area contributed by atoms with Crippen molar-refractivity contribution in [3.05, 3.63) is 34.9 Å². The molecule has 0 aliphatic carbocycles. The highest BCUT2D eigenvalue weighted by Crippen LogP contribution is 2.20. The number of aliphatic hydroxyl groups excluding tert-OH is 1. The number of hydrogen-bond acceptors (Lipinski definition) is 2. The minimum absolute atomic E-state index is 0.0394. The lowest BCUT2D eigenvalue weighted by molar-refractivity contribution is 0.148. The lowest BCUT2D eigenvalue weighted by Crippen LogP contribution is -2.20. The monoisotopic (exact) mass is 255 g/mol. The Morgan fingerprint density at radius 1 is 1.35 bits per heavy atom. The summed E-state index contributed by atoms with van der Waals surface area (Å²) in [6.45, 7) is 6.24. The minimum atomic E-state index is 0.0394. The molecule has 0 atom stereocenters. The Hall–Kier alpha value is -0.570. The molecule has 0 saturated carbocycles. The first-order valence-electron chi connectivity index (χ1n) is 6.09. The van der Waals surface area contributed by atoms with Crippen LogP contribution >= 0.6 is 11.6 Å². The van der Waals surface area contributed by atoms with E-state index in [2.05, 4.69) is 25.2 Å². The highest BCUT2D eigenvalue weighted by molar-refractivity contribution is 6.30. The van der Waals surface area contributed by atoms with Gasteiger partial charge in [-0.3, -0.25) is 0 Å². The Morgan fingerprint density at radius 2 is 2.12 bits per heavy atom. The minimum Gasteiger partial charge on any atom is -0.396 e. The molecule has 2 nitrogen and oxygen atoms in total. The smallest absolute Gasteiger partial charge is 0.0482 e. The summed E-state index contributed by atoms with van der Waals surface area (Å²) >= 11 is 5.91. The Bertz CT molecular complexity index is 339. The summed E-state index contributed by atoms with van der Waals surface area (Å²) in [5.41, 5.74) is 1.25. The topological polar surface area (TPSA) is 32.3 Å². The number of nitrogens with one attached hydrogen (secondary N) is 1. The molecule has 0 unspecified atom stereocenters. The molecular formula is C14H22ClNO. The zero-order chi connectivity index (χ0) is 12.7. The van der Waals surface area contributed by atoms with Crippen LogP contribution in [0, 0.1) is 5.41 Å². The molecule has 1 aromatic rings. The largest absolute Gasteiger partial charge is 0.396 e. The maximum atomic E-state index is 9.12. The zero-order valence-corrected chi connectivity index (χ0v) is 11.4. The van der Waals surface area contributed by atoms with E-state index in [1.165, 1.54) is 5.56 Å². The summed E-state index contributed by atoms with van der Waals surface area (Å²) < 4.78 is 0. The molecule has 0 aliphatic rings. The highest BCUT2D eigenvalue weighted by atomic mass is 35.5. The van der Waals surface area contributed by atoms with Crippen LogP contribution in [0.1, 0.15) is 32.3 Å². The predicted octanol–water partition coefficient (Wildman–Crippen LogP) is 3.23. The van der Waals surface area contributed by atoms with E-state index in [9.17, 15) is 0 Å². The molecule has 2 N–H and O–H groups in total. The number of rotatable bonds is 7. The molecule has 0 spiro atoms. The van der Waals surface area contributed by atoms with Gasteiger partial charge in [-0.05, 0) is 42.5 Å². The summed E-state index contributed by atoms with van der Waals surface area (Å²) in [5, 5.41) is 13.3. The maximum absolute atomic E-state index is 9.12. The third-order valence-corrected chi connectivity index (χ3v) is 3.09. The molecule has 0 aromatic heterocycles. The van der Waals surface area contributed by atoms with Crippen molar-refractivity contribution in [3.8, 4) is 0 Å². The van der Waals surface area contributed by atoms with Crippen molar-refractivity contribution in [1.82, 2.24) is 5.32 Å². The second-order valence-electron chi connectivity index (χ2n) is 5.23. The Labute approximate surface area is 109 Å². The van der Waals surface area contributed by atoms with Crippen molar-refractivity contribution in [3.63, 3.8) is 0 Å². The molecule has 0 bridgehead atoms. The molecule has 0 fully saturated rings. The molecular weight excluding hydrogens is 234 g/mol. The molecule has 0 heterocycles. The van der Waals surface area contributed by atoms with Crippen molar-refractivity contribution >= 4 is 11.6 Å². The van der Waals surface area contributed by atoms with E-state index >= 15 is 0 Å². The van der Waals surface area contributed by atoms with Gasteiger partial charge in [-0.1, -0.05) is 37.6 Å². The van der Waals surface area contributed by atoms with E-state index in [0.717, 1.165) is 31.0 Å². The molecule has 96 valence electrons. The van der Waals surface area contributed by atoms with Gasteiger partial charge in [0.05, 0.1) is 0 Å². The van der Waals surface area contributed by atoms with Crippen LogP contribution in [-0.2, 0) is 6.54 Å². The summed E-state index contributed by atoms with van der Waals surface area (Å²) in [6.07, 6.45) is 2.11. The van der Waals surface area contributed by atoms with Gasteiger partial charge in [-0.25, -0.2) is 0 Å².